The van der Waals surface area contributed by atoms with Crippen molar-refractivity contribution < 1.29 is 63.0 Å². The van der Waals surface area contributed by atoms with Gasteiger partial charge in [-0.2, -0.15) is 0 Å². The van der Waals surface area contributed by atoms with E-state index in [-0.39, 0.29) is 89.2 Å². The van der Waals surface area contributed by atoms with E-state index in [0.29, 0.717) is 5.56 Å². The highest BCUT2D eigenvalue weighted by atomic mass is 16.3. The summed E-state index contributed by atoms with van der Waals surface area (Å²) in [5, 5.41) is 49.3. The minimum Gasteiger partial charge on any atom is -0.391 e. The van der Waals surface area contributed by atoms with Gasteiger partial charge in [-0.15, -0.1) is 0 Å². The SMILES string of the molecule is CC(C)C[C@@H]1NC(=O)[C@@H](Cc2ccccc2)NC(=O)[C@H](CCN)NC(=O)[C@@H](NC(=O)[C@H](CCN)NC(=O)[C@@H](NC(=O)[C@H](CCN)NC(=O)c2ccncc2)[C@@H](C)O)CCNC(=O)[C@](C)(O)NC(=O)[C@H](CCN)NC(=O)[C@H](CCN)NC1=O. The fourth-order valence-corrected chi connectivity index (χ4v) is 8.39. The molecule has 11 amide bonds. The first-order valence-corrected chi connectivity index (χ1v) is 27.1. The maximum absolute atomic E-state index is 14.5. The largest absolute Gasteiger partial charge is 0.391 e. The monoisotopic (exact) mass is 1150 g/mol. The van der Waals surface area contributed by atoms with Gasteiger partial charge in [-0.05, 0) is 115 Å². The van der Waals surface area contributed by atoms with Crippen molar-refractivity contribution in [2.24, 2.45) is 34.6 Å². The number of hydrogen-bond donors (Lipinski definition) is 18. The van der Waals surface area contributed by atoms with Gasteiger partial charge in [0, 0.05) is 30.9 Å². The molecule has 0 saturated carbocycles. The van der Waals surface area contributed by atoms with Gasteiger partial charge in [0.2, 0.25) is 58.9 Å². The maximum Gasteiger partial charge on any atom is 0.272 e. The summed E-state index contributed by atoms with van der Waals surface area (Å²) < 4.78 is 0. The lowest BCUT2D eigenvalue weighted by Gasteiger charge is -2.29. The molecule has 30 heteroatoms. The van der Waals surface area contributed by atoms with Crippen molar-refractivity contribution in [3.05, 3.63) is 66.0 Å². The van der Waals surface area contributed by atoms with E-state index in [1.54, 1.807) is 44.2 Å². The quantitative estimate of drug-likeness (QED) is 0.0492. The van der Waals surface area contributed by atoms with Crippen LogP contribution < -0.4 is 87.2 Å². The zero-order valence-corrected chi connectivity index (χ0v) is 46.7. The zero-order chi connectivity index (χ0) is 61.1. The lowest BCUT2D eigenvalue weighted by atomic mass is 10.00. The van der Waals surface area contributed by atoms with Crippen LogP contribution in [0.3, 0.4) is 0 Å². The van der Waals surface area contributed by atoms with Gasteiger partial charge in [0.1, 0.15) is 54.4 Å². The third kappa shape index (κ3) is 22.3. The number of aliphatic hydroxyl groups is 2. The van der Waals surface area contributed by atoms with Crippen LogP contribution in [-0.4, -0.2) is 186 Å². The van der Waals surface area contributed by atoms with Gasteiger partial charge in [0.15, 0.2) is 0 Å². The third-order valence-corrected chi connectivity index (χ3v) is 12.9. The first kappa shape index (κ1) is 68.5. The number of nitrogens with one attached hydrogen (secondary N) is 11. The van der Waals surface area contributed by atoms with Crippen LogP contribution in [0.15, 0.2) is 54.9 Å². The summed E-state index contributed by atoms with van der Waals surface area (Å²) in [5.74, 6) is -10.8. The standard InChI is InChI=1S/C52H83N17O13/c1-28(2)26-38-47(77)62-32(10-18-53)42(72)63-36(14-22-57)49(79)69-52(4,82)51(81)59-25-17-37(45(75)61-33(11-19-54)44(74)67-39(48(78)66-38)27-30-8-6-5-7-9-30)64-43(73)34(12-20-55)65-50(80)40(29(3)70)68-46(76)35(13-21-56)60-41(71)31-15-23-58-24-16-31/h5-9,15-16,23-24,28-29,32-40,70,82H,10-14,17-22,25-27,53-57H2,1-4H3,(H,59,81)(H,60,71)(H,61,75)(H,62,77)(H,63,72)(H,64,73)(H,65,80)(H,66,78)(H,67,74)(H,68,76)(H,69,79)/t29-,32+,33+,34+,35+,36+,37+,38+,39-,40+,52+/m1/s1. The van der Waals surface area contributed by atoms with Gasteiger partial charge in [0.25, 0.3) is 11.8 Å². The number of rotatable bonds is 23. The Morgan fingerprint density at radius 1 is 0.622 bits per heavy atom. The molecular weight excluding hydrogens is 1070 g/mol. The van der Waals surface area contributed by atoms with Gasteiger partial charge in [-0.25, -0.2) is 0 Å². The van der Waals surface area contributed by atoms with Crippen molar-refractivity contribution in [2.75, 3.05) is 39.3 Å². The van der Waals surface area contributed by atoms with Crippen molar-refractivity contribution in [3.63, 3.8) is 0 Å². The first-order chi connectivity index (χ1) is 38.9. The summed E-state index contributed by atoms with van der Waals surface area (Å²) in [6.07, 6.45) is -0.485. The van der Waals surface area contributed by atoms with Crippen molar-refractivity contribution in [1.82, 2.24) is 63.5 Å². The maximum atomic E-state index is 14.5. The van der Waals surface area contributed by atoms with Crippen LogP contribution in [0.5, 0.6) is 0 Å². The Kier molecular flexibility index (Phi) is 28.9. The van der Waals surface area contributed by atoms with E-state index in [2.05, 4.69) is 63.5 Å². The number of nitrogens with zero attached hydrogens (tertiary/aromatic N) is 1. The Hall–Kier alpha value is -7.74. The van der Waals surface area contributed by atoms with E-state index in [1.165, 1.54) is 31.5 Å². The number of carbonyl (C=O) groups excluding carboxylic acids is 11. The van der Waals surface area contributed by atoms with Crippen molar-refractivity contribution >= 4 is 65.0 Å². The number of aliphatic hydroxyl groups excluding tert-OH is 1. The number of amides is 11. The molecule has 82 heavy (non-hydrogen) atoms. The second-order valence-corrected chi connectivity index (χ2v) is 20.2. The van der Waals surface area contributed by atoms with Crippen LogP contribution in [-0.2, 0) is 54.4 Å². The minimum absolute atomic E-state index is 0.0347. The van der Waals surface area contributed by atoms with Crippen LogP contribution in [0.1, 0.15) is 88.6 Å². The summed E-state index contributed by atoms with van der Waals surface area (Å²) in [4.78, 5) is 157. The van der Waals surface area contributed by atoms with Crippen molar-refractivity contribution in [2.45, 2.75) is 145 Å². The summed E-state index contributed by atoms with van der Waals surface area (Å²) >= 11 is 0. The van der Waals surface area contributed by atoms with Gasteiger partial charge in [-0.1, -0.05) is 44.2 Å². The van der Waals surface area contributed by atoms with Crippen LogP contribution >= 0.6 is 0 Å². The number of pyridine rings is 1. The Morgan fingerprint density at radius 2 is 1.11 bits per heavy atom. The molecule has 0 spiro atoms. The minimum atomic E-state index is -2.71. The van der Waals surface area contributed by atoms with E-state index >= 15 is 0 Å². The molecule has 0 bridgehead atoms. The van der Waals surface area contributed by atoms with Gasteiger partial charge in [0.05, 0.1) is 6.10 Å². The number of benzene rings is 1. The number of carbonyl (C=O) groups is 11. The summed E-state index contributed by atoms with van der Waals surface area (Å²) in [6, 6.07) is -2.13. The highest BCUT2D eigenvalue weighted by molar-refractivity contribution is 6.00. The average molecular weight is 1150 g/mol. The molecule has 0 radical (unpaired) electrons. The summed E-state index contributed by atoms with van der Waals surface area (Å²) in [7, 11) is 0. The number of nitrogens with two attached hydrogens (primary N) is 5. The molecule has 30 nitrogen and oxygen atoms in total. The van der Waals surface area contributed by atoms with Crippen molar-refractivity contribution in [3.8, 4) is 0 Å². The fourth-order valence-electron chi connectivity index (χ4n) is 8.39. The predicted octanol–water partition coefficient (Wildman–Crippen LogP) is -7.18. The number of hydrogen-bond acceptors (Lipinski definition) is 19. The molecular formula is C52H83N17O13. The average Bonchev–Trinajstić information content (AvgIpc) is 3.52. The van der Waals surface area contributed by atoms with E-state index < -0.39 is 144 Å². The zero-order valence-electron chi connectivity index (χ0n) is 46.7. The molecule has 1 fully saturated rings. The molecule has 1 saturated heterocycles. The van der Waals surface area contributed by atoms with E-state index in [1.807, 2.05) is 0 Å². The molecule has 0 unspecified atom stereocenters. The highest BCUT2D eigenvalue weighted by Gasteiger charge is 2.39. The first-order valence-electron chi connectivity index (χ1n) is 27.1. The number of aromatic nitrogens is 1. The molecule has 2 aromatic rings. The lowest BCUT2D eigenvalue weighted by Crippen LogP contribution is -2.63. The second kappa shape index (κ2) is 34.5. The Bertz CT molecular complexity index is 2470. The molecule has 2 heterocycles. The molecule has 1 aromatic heterocycles. The summed E-state index contributed by atoms with van der Waals surface area (Å²) in [6.45, 7) is 4.26. The topological polar surface area (TPSA) is 504 Å². The molecule has 11 atom stereocenters. The molecule has 1 aromatic carbocycles. The Balaban J connectivity index is 2.08. The molecule has 0 aliphatic carbocycles. The highest BCUT2D eigenvalue weighted by Crippen LogP contribution is 2.12. The molecule has 1 aliphatic heterocycles. The third-order valence-electron chi connectivity index (χ3n) is 12.9. The van der Waals surface area contributed by atoms with Crippen LogP contribution in [0, 0.1) is 5.92 Å². The Morgan fingerprint density at radius 3 is 1.63 bits per heavy atom. The normalized spacial score (nSPS) is 23.3. The van der Waals surface area contributed by atoms with Crippen LogP contribution in [0.2, 0.25) is 0 Å². The van der Waals surface area contributed by atoms with Crippen LogP contribution in [0.25, 0.3) is 0 Å². The smallest absolute Gasteiger partial charge is 0.272 e. The fraction of sp³-hybridized carbons (Fsp3) is 0.577. The molecule has 1 aliphatic rings. The van der Waals surface area contributed by atoms with Gasteiger partial charge < -0.3 is 97.4 Å². The van der Waals surface area contributed by atoms with E-state index in [0.717, 1.165) is 6.92 Å². The van der Waals surface area contributed by atoms with Crippen molar-refractivity contribution in [1.29, 1.82) is 0 Å². The predicted molar refractivity (Wildman–Crippen MR) is 297 cm³/mol. The molecule has 454 valence electrons. The lowest BCUT2D eigenvalue weighted by molar-refractivity contribution is -0.148. The Labute approximate surface area is 475 Å². The van der Waals surface area contributed by atoms with Gasteiger partial charge in [-0.3, -0.25) is 57.7 Å². The molecule has 3 rings (SSSR count). The molecule has 23 N–H and O–H groups in total. The van der Waals surface area contributed by atoms with E-state index in [9.17, 15) is 63.0 Å². The van der Waals surface area contributed by atoms with Crippen LogP contribution in [0.4, 0.5) is 0 Å². The van der Waals surface area contributed by atoms with Gasteiger partial charge >= 0.3 is 0 Å². The van der Waals surface area contributed by atoms with E-state index in [4.69, 9.17) is 28.7 Å². The summed E-state index contributed by atoms with van der Waals surface area (Å²) in [5.41, 5.74) is 27.2. The second-order valence-electron chi connectivity index (χ2n) is 20.2.